The van der Waals surface area contributed by atoms with Crippen molar-refractivity contribution < 1.29 is 14.5 Å². The summed E-state index contributed by atoms with van der Waals surface area (Å²) in [5, 5.41) is 12.9. The average molecular weight is 319 g/mol. The largest absolute Gasteiger partial charge is 0.476 e. The first kappa shape index (κ1) is 14.5. The lowest BCUT2D eigenvalue weighted by Gasteiger charge is -2.26. The van der Waals surface area contributed by atoms with E-state index in [1.165, 1.54) is 23.2 Å². The van der Waals surface area contributed by atoms with Gasteiger partial charge in [-0.15, -0.1) is 11.3 Å². The highest BCUT2D eigenvalue weighted by molar-refractivity contribution is 7.10. The molecule has 2 aromatic heterocycles. The van der Waals surface area contributed by atoms with E-state index in [-0.39, 0.29) is 24.1 Å². The molecule has 2 aromatic rings. The maximum Gasteiger partial charge on any atom is 0.406 e. The monoisotopic (exact) mass is 319 g/mol. The Bertz CT molecular complexity index is 716. The molecule has 8 heteroatoms. The van der Waals surface area contributed by atoms with E-state index in [0.717, 1.165) is 12.0 Å². The minimum Gasteiger partial charge on any atom is -0.476 e. The first-order valence-corrected chi connectivity index (χ1v) is 7.58. The Hall–Kier alpha value is -2.48. The molecule has 1 aliphatic heterocycles. The number of carbonyl (C=O) groups excluding carboxylic acids is 1. The van der Waals surface area contributed by atoms with E-state index < -0.39 is 4.92 Å². The van der Waals surface area contributed by atoms with Gasteiger partial charge in [-0.3, -0.25) is 4.79 Å². The maximum atomic E-state index is 12.2. The second kappa shape index (κ2) is 6.10. The molecule has 0 fully saturated rings. The Morgan fingerprint density at radius 1 is 1.50 bits per heavy atom. The lowest BCUT2D eigenvalue weighted by atomic mass is 10.1. The van der Waals surface area contributed by atoms with Gasteiger partial charge in [0, 0.05) is 18.0 Å². The number of aromatic nitrogens is 1. The highest BCUT2D eigenvalue weighted by atomic mass is 32.1. The number of thiophene rings is 1. The van der Waals surface area contributed by atoms with Gasteiger partial charge >= 0.3 is 5.82 Å². The number of carbonyl (C=O) groups is 1. The van der Waals surface area contributed by atoms with Crippen molar-refractivity contribution in [3.63, 3.8) is 0 Å². The van der Waals surface area contributed by atoms with Gasteiger partial charge in [0.2, 0.25) is 5.75 Å². The van der Waals surface area contributed by atoms with Crippen molar-refractivity contribution in [2.75, 3.05) is 13.2 Å². The van der Waals surface area contributed by atoms with Crippen LogP contribution in [-0.4, -0.2) is 33.9 Å². The van der Waals surface area contributed by atoms with Crippen molar-refractivity contribution in [2.45, 2.75) is 13.0 Å². The molecule has 0 bridgehead atoms. The van der Waals surface area contributed by atoms with Gasteiger partial charge in [-0.1, -0.05) is 0 Å². The van der Waals surface area contributed by atoms with Crippen molar-refractivity contribution in [3.8, 4) is 5.75 Å². The first-order chi connectivity index (χ1) is 10.6. The first-order valence-electron chi connectivity index (χ1n) is 6.70. The molecular weight excluding hydrogens is 306 g/mol. The third-order valence-corrected chi connectivity index (χ3v) is 4.46. The number of nitro groups is 1. The quantitative estimate of drug-likeness (QED) is 0.635. The van der Waals surface area contributed by atoms with Gasteiger partial charge < -0.3 is 19.8 Å². The van der Waals surface area contributed by atoms with Crippen LogP contribution in [-0.2, 0) is 17.8 Å². The zero-order chi connectivity index (χ0) is 15.5. The van der Waals surface area contributed by atoms with Gasteiger partial charge in [0.1, 0.15) is 6.20 Å². The molecule has 0 saturated carbocycles. The van der Waals surface area contributed by atoms with Crippen molar-refractivity contribution in [1.29, 1.82) is 0 Å². The molecule has 0 atom stereocenters. The number of amides is 1. The summed E-state index contributed by atoms with van der Waals surface area (Å²) in [5.74, 6) is -0.557. The van der Waals surface area contributed by atoms with Crippen LogP contribution in [0.25, 0.3) is 0 Å². The van der Waals surface area contributed by atoms with Gasteiger partial charge in [-0.25, -0.2) is 0 Å². The lowest BCUT2D eigenvalue weighted by molar-refractivity contribution is -0.390. The molecule has 1 amide bonds. The molecule has 0 radical (unpaired) electrons. The molecule has 0 aromatic carbocycles. The van der Waals surface area contributed by atoms with Crippen LogP contribution in [0.15, 0.2) is 29.8 Å². The fourth-order valence-electron chi connectivity index (χ4n) is 2.32. The van der Waals surface area contributed by atoms with Gasteiger partial charge in [0.15, 0.2) is 6.61 Å². The van der Waals surface area contributed by atoms with Crippen molar-refractivity contribution in [1.82, 2.24) is 9.88 Å². The molecule has 0 saturated heterocycles. The van der Waals surface area contributed by atoms with E-state index in [2.05, 4.69) is 4.98 Å². The second-order valence-corrected chi connectivity index (χ2v) is 5.81. The van der Waals surface area contributed by atoms with E-state index >= 15 is 0 Å². The maximum absolute atomic E-state index is 12.2. The Morgan fingerprint density at radius 2 is 2.36 bits per heavy atom. The number of hydrogen-bond donors (Lipinski definition) is 0. The number of pyridine rings is 1. The van der Waals surface area contributed by atoms with Gasteiger partial charge in [-0.2, -0.15) is 0 Å². The molecule has 22 heavy (non-hydrogen) atoms. The third-order valence-electron chi connectivity index (χ3n) is 3.44. The molecule has 3 rings (SSSR count). The minimum absolute atomic E-state index is 0.00841. The predicted molar refractivity (Wildman–Crippen MR) is 79.8 cm³/mol. The minimum atomic E-state index is -0.627. The molecule has 114 valence electrons. The highest BCUT2D eigenvalue weighted by Gasteiger charge is 2.23. The Balaban J connectivity index is 1.63. The lowest BCUT2D eigenvalue weighted by Crippen LogP contribution is -2.38. The van der Waals surface area contributed by atoms with Crippen LogP contribution in [0.3, 0.4) is 0 Å². The summed E-state index contributed by atoms with van der Waals surface area (Å²) < 4.78 is 5.29. The molecule has 7 nitrogen and oxygen atoms in total. The number of hydrogen-bond acceptors (Lipinski definition) is 6. The summed E-state index contributed by atoms with van der Waals surface area (Å²) in [5.41, 5.74) is 1.16. The SMILES string of the molecule is O=C(COc1cccnc1[N+](=O)[O-])N1CCc2sccc2C1. The summed E-state index contributed by atoms with van der Waals surface area (Å²) >= 11 is 1.70. The summed E-state index contributed by atoms with van der Waals surface area (Å²) in [6.07, 6.45) is 2.15. The van der Waals surface area contributed by atoms with Crippen LogP contribution < -0.4 is 4.74 Å². The summed E-state index contributed by atoms with van der Waals surface area (Å²) in [4.78, 5) is 29.1. The highest BCUT2D eigenvalue weighted by Crippen LogP contribution is 2.25. The van der Waals surface area contributed by atoms with Crippen molar-refractivity contribution >= 4 is 23.1 Å². The van der Waals surface area contributed by atoms with E-state index in [0.29, 0.717) is 13.1 Å². The van der Waals surface area contributed by atoms with Gasteiger partial charge in [0.05, 0.1) is 0 Å². The normalized spacial score (nSPS) is 13.5. The van der Waals surface area contributed by atoms with Gasteiger partial charge in [0.25, 0.3) is 5.91 Å². The number of rotatable bonds is 4. The molecule has 0 aliphatic carbocycles. The third kappa shape index (κ3) is 2.91. The zero-order valence-electron chi connectivity index (χ0n) is 11.6. The average Bonchev–Trinajstić information content (AvgIpc) is 3.00. The molecule has 0 unspecified atom stereocenters. The summed E-state index contributed by atoms with van der Waals surface area (Å²) in [7, 11) is 0. The van der Waals surface area contributed by atoms with Crippen molar-refractivity contribution in [2.24, 2.45) is 0 Å². The second-order valence-electron chi connectivity index (χ2n) is 4.81. The number of fused-ring (bicyclic) bond motifs is 1. The topological polar surface area (TPSA) is 85.6 Å². The van der Waals surface area contributed by atoms with E-state index in [1.807, 2.05) is 11.4 Å². The predicted octanol–water partition coefficient (Wildman–Crippen LogP) is 2.01. The zero-order valence-corrected chi connectivity index (χ0v) is 12.4. The van der Waals surface area contributed by atoms with Crippen LogP contribution in [0.4, 0.5) is 5.82 Å². The molecule has 1 aliphatic rings. The van der Waals surface area contributed by atoms with E-state index in [1.54, 1.807) is 16.2 Å². The van der Waals surface area contributed by atoms with Crippen LogP contribution >= 0.6 is 11.3 Å². The summed E-state index contributed by atoms with van der Waals surface area (Å²) in [6.45, 7) is 0.979. The fraction of sp³-hybridized carbons (Fsp3) is 0.286. The van der Waals surface area contributed by atoms with Crippen LogP contribution in [0.2, 0.25) is 0 Å². The van der Waals surface area contributed by atoms with Crippen molar-refractivity contribution in [3.05, 3.63) is 50.3 Å². The molecule has 0 N–H and O–H groups in total. The van der Waals surface area contributed by atoms with E-state index in [9.17, 15) is 14.9 Å². The Kier molecular flexibility index (Phi) is 4.01. The van der Waals surface area contributed by atoms with Crippen LogP contribution in [0.5, 0.6) is 5.75 Å². The Morgan fingerprint density at radius 3 is 3.18 bits per heavy atom. The van der Waals surface area contributed by atoms with Crippen LogP contribution in [0, 0.1) is 10.1 Å². The number of nitrogens with zero attached hydrogens (tertiary/aromatic N) is 3. The smallest absolute Gasteiger partial charge is 0.406 e. The van der Waals surface area contributed by atoms with E-state index in [4.69, 9.17) is 4.74 Å². The standard InChI is InChI=1S/C14H13N3O4S/c18-13(16-6-3-12-10(8-16)4-7-22-12)9-21-11-2-1-5-15-14(11)17(19)20/h1-2,4-5,7H,3,6,8-9H2. The van der Waals surface area contributed by atoms with Crippen LogP contribution in [0.1, 0.15) is 10.4 Å². The molecule has 3 heterocycles. The van der Waals surface area contributed by atoms with Gasteiger partial charge in [-0.05, 0) is 45.5 Å². The fourth-order valence-corrected chi connectivity index (χ4v) is 3.21. The summed E-state index contributed by atoms with van der Waals surface area (Å²) in [6, 6.07) is 4.99. The number of ether oxygens (including phenoxy) is 1. The molecule has 0 spiro atoms. The molecular formula is C14H13N3O4S. The Labute approximate surface area is 130 Å².